The van der Waals surface area contributed by atoms with Crippen LogP contribution in [0.5, 0.6) is 11.5 Å². The Balaban J connectivity index is 1.51. The predicted octanol–water partition coefficient (Wildman–Crippen LogP) is 3.57. The molecule has 0 aromatic heterocycles. The Kier molecular flexibility index (Phi) is 5.78. The molecule has 0 spiro atoms. The fraction of sp³-hybridized carbons (Fsp3) is 0.381. The summed E-state index contributed by atoms with van der Waals surface area (Å²) in [5.74, 6) is 0.738. The van der Waals surface area contributed by atoms with E-state index in [-0.39, 0.29) is 12.0 Å². The number of aliphatic carboxylic acids is 1. The molecule has 1 fully saturated rings. The average molecular weight is 355 g/mol. The first-order chi connectivity index (χ1) is 12.5. The van der Waals surface area contributed by atoms with Crippen LogP contribution in [0.2, 0.25) is 0 Å². The second kappa shape index (κ2) is 8.23. The zero-order valence-corrected chi connectivity index (χ0v) is 15.2. The smallest absolute Gasteiger partial charge is 0.309 e. The molecular formula is C21H25NO4. The molecule has 1 aliphatic heterocycles. The standard InChI is InChI=1S/C21H25NO4/c1-15(2)26-20-6-4-3-5-17(20)14-25-19-9-7-16(8-10-19)11-22-12-18(13-22)21(23)24/h3-10,15,18H,11-14H2,1-2H3,(H,23,24). The maximum atomic E-state index is 10.8. The molecule has 0 radical (unpaired) electrons. The van der Waals surface area contributed by atoms with Crippen LogP contribution in [0.15, 0.2) is 48.5 Å². The molecule has 26 heavy (non-hydrogen) atoms. The summed E-state index contributed by atoms with van der Waals surface area (Å²) in [6, 6.07) is 15.9. The van der Waals surface area contributed by atoms with Gasteiger partial charge in [-0.3, -0.25) is 9.69 Å². The van der Waals surface area contributed by atoms with E-state index in [1.54, 1.807) is 0 Å². The largest absolute Gasteiger partial charge is 0.491 e. The van der Waals surface area contributed by atoms with Crippen molar-refractivity contribution in [2.75, 3.05) is 13.1 Å². The van der Waals surface area contributed by atoms with E-state index in [4.69, 9.17) is 14.6 Å². The Morgan fingerprint density at radius 2 is 1.85 bits per heavy atom. The first kappa shape index (κ1) is 18.3. The van der Waals surface area contributed by atoms with Gasteiger partial charge in [-0.05, 0) is 37.6 Å². The van der Waals surface area contributed by atoms with Crippen LogP contribution in [0.1, 0.15) is 25.0 Å². The molecule has 1 aliphatic rings. The van der Waals surface area contributed by atoms with Gasteiger partial charge in [-0.2, -0.15) is 0 Å². The van der Waals surface area contributed by atoms with E-state index in [9.17, 15) is 4.79 Å². The Hall–Kier alpha value is -2.53. The molecule has 0 aliphatic carbocycles. The van der Waals surface area contributed by atoms with Gasteiger partial charge in [0, 0.05) is 25.2 Å². The van der Waals surface area contributed by atoms with Gasteiger partial charge in [-0.15, -0.1) is 0 Å². The van der Waals surface area contributed by atoms with E-state index in [1.807, 2.05) is 62.4 Å². The maximum Gasteiger partial charge on any atom is 0.309 e. The fourth-order valence-electron chi connectivity index (χ4n) is 2.96. The summed E-state index contributed by atoms with van der Waals surface area (Å²) in [6.45, 7) is 6.49. The number of hydrogen-bond acceptors (Lipinski definition) is 4. The molecule has 0 atom stereocenters. The summed E-state index contributed by atoms with van der Waals surface area (Å²) >= 11 is 0. The molecular weight excluding hydrogens is 330 g/mol. The molecule has 1 saturated heterocycles. The van der Waals surface area contributed by atoms with Crippen LogP contribution in [-0.2, 0) is 17.9 Å². The fourth-order valence-corrected chi connectivity index (χ4v) is 2.96. The minimum absolute atomic E-state index is 0.123. The number of hydrogen-bond donors (Lipinski definition) is 1. The van der Waals surface area contributed by atoms with E-state index in [0.717, 1.165) is 29.2 Å². The second-order valence-electron chi connectivity index (χ2n) is 6.94. The molecule has 1 N–H and O–H groups in total. The van der Waals surface area contributed by atoms with Crippen molar-refractivity contribution in [3.05, 3.63) is 59.7 Å². The van der Waals surface area contributed by atoms with E-state index in [2.05, 4.69) is 4.90 Å². The molecule has 5 nitrogen and oxygen atoms in total. The highest BCUT2D eigenvalue weighted by molar-refractivity contribution is 5.71. The summed E-state index contributed by atoms with van der Waals surface area (Å²) in [5.41, 5.74) is 2.18. The summed E-state index contributed by atoms with van der Waals surface area (Å²) in [7, 11) is 0. The van der Waals surface area contributed by atoms with Crippen LogP contribution < -0.4 is 9.47 Å². The zero-order chi connectivity index (χ0) is 18.5. The number of benzene rings is 2. The first-order valence-electron chi connectivity index (χ1n) is 8.92. The Labute approximate surface area is 154 Å². The second-order valence-corrected chi connectivity index (χ2v) is 6.94. The van der Waals surface area contributed by atoms with E-state index in [0.29, 0.717) is 19.7 Å². The molecule has 2 aromatic carbocycles. The number of carboxylic acids is 1. The number of carbonyl (C=O) groups is 1. The van der Waals surface area contributed by atoms with Gasteiger partial charge in [0.25, 0.3) is 0 Å². The minimum Gasteiger partial charge on any atom is -0.491 e. The van der Waals surface area contributed by atoms with Gasteiger partial charge in [0.05, 0.1) is 12.0 Å². The third-order valence-electron chi connectivity index (χ3n) is 4.37. The summed E-state index contributed by atoms with van der Waals surface area (Å²) in [4.78, 5) is 13.0. The number of para-hydroxylation sites is 1. The molecule has 2 aromatic rings. The molecule has 0 amide bonds. The van der Waals surface area contributed by atoms with Gasteiger partial charge in [-0.25, -0.2) is 0 Å². The number of nitrogens with zero attached hydrogens (tertiary/aromatic N) is 1. The van der Waals surface area contributed by atoms with Crippen LogP contribution in [0, 0.1) is 5.92 Å². The lowest BCUT2D eigenvalue weighted by molar-refractivity contribution is -0.147. The summed E-state index contributed by atoms with van der Waals surface area (Å²) in [6.07, 6.45) is 0.123. The highest BCUT2D eigenvalue weighted by Crippen LogP contribution is 2.23. The monoisotopic (exact) mass is 355 g/mol. The van der Waals surface area contributed by atoms with Crippen molar-refractivity contribution in [3.8, 4) is 11.5 Å². The van der Waals surface area contributed by atoms with Crippen molar-refractivity contribution < 1.29 is 19.4 Å². The van der Waals surface area contributed by atoms with Crippen LogP contribution in [0.25, 0.3) is 0 Å². The maximum absolute atomic E-state index is 10.8. The highest BCUT2D eigenvalue weighted by Gasteiger charge is 2.32. The van der Waals surface area contributed by atoms with Gasteiger partial charge >= 0.3 is 5.97 Å². The topological polar surface area (TPSA) is 59.0 Å². The Bertz CT molecular complexity index is 736. The van der Waals surface area contributed by atoms with Crippen molar-refractivity contribution >= 4 is 5.97 Å². The van der Waals surface area contributed by atoms with Crippen molar-refractivity contribution in [1.29, 1.82) is 0 Å². The average Bonchev–Trinajstić information content (AvgIpc) is 2.57. The van der Waals surface area contributed by atoms with Crippen molar-refractivity contribution in [1.82, 2.24) is 4.90 Å². The Morgan fingerprint density at radius 1 is 1.15 bits per heavy atom. The number of rotatable bonds is 8. The Morgan fingerprint density at radius 3 is 2.50 bits per heavy atom. The quantitative estimate of drug-likeness (QED) is 0.784. The molecule has 1 heterocycles. The number of ether oxygens (including phenoxy) is 2. The van der Waals surface area contributed by atoms with Gasteiger partial charge in [0.2, 0.25) is 0 Å². The molecule has 138 valence electrons. The SMILES string of the molecule is CC(C)Oc1ccccc1COc1ccc(CN2CC(C(=O)O)C2)cc1. The molecule has 3 rings (SSSR count). The van der Waals surface area contributed by atoms with E-state index >= 15 is 0 Å². The highest BCUT2D eigenvalue weighted by atomic mass is 16.5. The zero-order valence-electron chi connectivity index (χ0n) is 15.2. The normalized spacial score (nSPS) is 14.9. The van der Waals surface area contributed by atoms with Gasteiger partial charge in [0.1, 0.15) is 18.1 Å². The summed E-state index contributed by atoms with van der Waals surface area (Å²) in [5, 5.41) is 8.92. The lowest BCUT2D eigenvalue weighted by Crippen LogP contribution is -2.49. The molecule has 0 saturated carbocycles. The van der Waals surface area contributed by atoms with Gasteiger partial charge in [0.15, 0.2) is 0 Å². The van der Waals surface area contributed by atoms with Crippen LogP contribution >= 0.6 is 0 Å². The van der Waals surface area contributed by atoms with Crippen LogP contribution in [0.4, 0.5) is 0 Å². The molecule has 0 unspecified atom stereocenters. The number of likely N-dealkylation sites (tertiary alicyclic amines) is 1. The molecule has 5 heteroatoms. The minimum atomic E-state index is -0.702. The van der Waals surface area contributed by atoms with Crippen LogP contribution in [0.3, 0.4) is 0 Å². The third kappa shape index (κ3) is 4.76. The van der Waals surface area contributed by atoms with E-state index < -0.39 is 5.97 Å². The van der Waals surface area contributed by atoms with Gasteiger partial charge < -0.3 is 14.6 Å². The summed E-state index contributed by atoms with van der Waals surface area (Å²) < 4.78 is 11.7. The lowest BCUT2D eigenvalue weighted by Gasteiger charge is -2.36. The lowest BCUT2D eigenvalue weighted by atomic mass is 10.00. The van der Waals surface area contributed by atoms with Crippen molar-refractivity contribution in [2.45, 2.75) is 33.1 Å². The number of carboxylic acid groups (broad SMARTS) is 1. The van der Waals surface area contributed by atoms with Crippen molar-refractivity contribution in [2.24, 2.45) is 5.92 Å². The van der Waals surface area contributed by atoms with E-state index in [1.165, 1.54) is 0 Å². The van der Waals surface area contributed by atoms with Crippen molar-refractivity contribution in [3.63, 3.8) is 0 Å². The third-order valence-corrected chi connectivity index (χ3v) is 4.37. The molecule has 0 bridgehead atoms. The first-order valence-corrected chi connectivity index (χ1v) is 8.92. The van der Waals surface area contributed by atoms with Gasteiger partial charge in [-0.1, -0.05) is 30.3 Å². The van der Waals surface area contributed by atoms with Crippen LogP contribution in [-0.4, -0.2) is 35.2 Å². The predicted molar refractivity (Wildman–Crippen MR) is 99.4 cm³/mol.